The Labute approximate surface area is 91.1 Å². The van der Waals surface area contributed by atoms with Gasteiger partial charge in [0, 0.05) is 13.1 Å². The summed E-state index contributed by atoms with van der Waals surface area (Å²) in [6.45, 7) is 6.99. The van der Waals surface area contributed by atoms with Crippen LogP contribution in [0.15, 0.2) is 0 Å². The van der Waals surface area contributed by atoms with Gasteiger partial charge in [0.1, 0.15) is 0 Å². The van der Waals surface area contributed by atoms with Crippen molar-refractivity contribution in [2.24, 2.45) is 0 Å². The summed E-state index contributed by atoms with van der Waals surface area (Å²) in [5.74, 6) is -0.129. The van der Waals surface area contributed by atoms with Crippen LogP contribution in [0.2, 0.25) is 0 Å². The predicted octanol–water partition coefficient (Wildman–Crippen LogP) is -0.812. The van der Waals surface area contributed by atoms with Crippen molar-refractivity contribution in [3.63, 3.8) is 0 Å². The molecule has 0 rings (SSSR count). The van der Waals surface area contributed by atoms with Crippen LogP contribution in [0, 0.1) is 0 Å². The Hall–Kier alpha value is -0.650. The van der Waals surface area contributed by atoms with Gasteiger partial charge in [0.25, 0.3) is 0 Å². The average molecular weight is 218 g/mol. The zero-order valence-corrected chi connectivity index (χ0v) is 9.79. The Morgan fingerprint density at radius 3 is 2.47 bits per heavy atom. The molecule has 0 aromatic rings. The van der Waals surface area contributed by atoms with E-state index in [1.807, 2.05) is 11.8 Å². The van der Waals surface area contributed by atoms with Gasteiger partial charge < -0.3 is 15.5 Å². The lowest BCUT2D eigenvalue weighted by Gasteiger charge is -2.27. The minimum absolute atomic E-state index is 0.0522. The molecule has 0 aliphatic carbocycles. The number of hydrogen-bond acceptors (Lipinski definition) is 4. The van der Waals surface area contributed by atoms with Gasteiger partial charge in [-0.3, -0.25) is 9.69 Å². The Bertz CT molecular complexity index is 190. The zero-order chi connectivity index (χ0) is 11.9. The lowest BCUT2D eigenvalue weighted by Crippen LogP contribution is -2.44. The molecule has 0 heterocycles. The molecule has 3 N–H and O–H groups in total. The number of aliphatic hydroxyl groups is 2. The fourth-order valence-corrected chi connectivity index (χ4v) is 1.28. The number of nitrogens with zero attached hydrogens (tertiary/aromatic N) is 1. The van der Waals surface area contributed by atoms with Crippen LogP contribution in [-0.2, 0) is 4.79 Å². The third-order valence-corrected chi connectivity index (χ3v) is 1.86. The smallest absolute Gasteiger partial charge is 0.234 e. The summed E-state index contributed by atoms with van der Waals surface area (Å²) in [5, 5.41) is 20.7. The summed E-state index contributed by atoms with van der Waals surface area (Å²) in [5.41, 5.74) is -0.798. The van der Waals surface area contributed by atoms with Crippen molar-refractivity contribution in [1.82, 2.24) is 10.2 Å². The highest BCUT2D eigenvalue weighted by molar-refractivity contribution is 5.77. The van der Waals surface area contributed by atoms with Crippen LogP contribution in [0.4, 0.5) is 0 Å². The van der Waals surface area contributed by atoms with Crippen LogP contribution in [0.25, 0.3) is 0 Å². The highest BCUT2D eigenvalue weighted by atomic mass is 16.3. The molecule has 0 saturated heterocycles. The Morgan fingerprint density at radius 1 is 1.47 bits per heavy atom. The van der Waals surface area contributed by atoms with Gasteiger partial charge in [-0.05, 0) is 20.4 Å². The highest BCUT2D eigenvalue weighted by Crippen LogP contribution is 2.03. The van der Waals surface area contributed by atoms with E-state index in [4.69, 9.17) is 5.11 Å². The molecular formula is C10H22N2O3. The molecule has 0 aliphatic rings. The van der Waals surface area contributed by atoms with E-state index in [9.17, 15) is 9.90 Å². The van der Waals surface area contributed by atoms with Crippen molar-refractivity contribution in [2.75, 3.05) is 32.8 Å². The van der Waals surface area contributed by atoms with Gasteiger partial charge in [-0.15, -0.1) is 0 Å². The van der Waals surface area contributed by atoms with Gasteiger partial charge in [0.15, 0.2) is 0 Å². The molecule has 90 valence electrons. The van der Waals surface area contributed by atoms with Crippen LogP contribution in [-0.4, -0.2) is 59.4 Å². The number of carbonyl (C=O) groups excluding carboxylic acids is 1. The minimum atomic E-state index is -0.798. The number of hydrogen-bond donors (Lipinski definition) is 3. The fourth-order valence-electron chi connectivity index (χ4n) is 1.28. The standard InChI is InChI=1S/C10H22N2O3/c1-4-12(8-10(2,3)15)7-9(14)11-5-6-13/h13,15H,4-8H2,1-3H3,(H,11,14). The van der Waals surface area contributed by atoms with Crippen molar-refractivity contribution >= 4 is 5.91 Å². The normalized spacial score (nSPS) is 11.9. The fraction of sp³-hybridized carbons (Fsp3) is 0.900. The molecule has 0 aromatic carbocycles. The third kappa shape index (κ3) is 8.35. The molecule has 0 saturated carbocycles. The molecule has 0 aliphatic heterocycles. The van der Waals surface area contributed by atoms with Gasteiger partial charge >= 0.3 is 0 Å². The number of rotatable bonds is 7. The first-order valence-electron chi connectivity index (χ1n) is 5.21. The first-order chi connectivity index (χ1) is 6.89. The van der Waals surface area contributed by atoms with Gasteiger partial charge in [-0.25, -0.2) is 0 Å². The van der Waals surface area contributed by atoms with E-state index < -0.39 is 5.60 Å². The van der Waals surface area contributed by atoms with Gasteiger partial charge in [0.2, 0.25) is 5.91 Å². The van der Waals surface area contributed by atoms with Crippen molar-refractivity contribution in [3.8, 4) is 0 Å². The Morgan fingerprint density at radius 2 is 2.07 bits per heavy atom. The summed E-state index contributed by atoms with van der Waals surface area (Å²) in [7, 11) is 0. The second-order valence-corrected chi connectivity index (χ2v) is 4.19. The van der Waals surface area contributed by atoms with Crippen molar-refractivity contribution in [2.45, 2.75) is 26.4 Å². The predicted molar refractivity (Wildman–Crippen MR) is 58.5 cm³/mol. The lowest BCUT2D eigenvalue weighted by atomic mass is 10.1. The summed E-state index contributed by atoms with van der Waals surface area (Å²) in [6.07, 6.45) is 0. The Kier molecular flexibility index (Phi) is 6.47. The van der Waals surface area contributed by atoms with Crippen LogP contribution in [0.3, 0.4) is 0 Å². The third-order valence-electron chi connectivity index (χ3n) is 1.86. The lowest BCUT2D eigenvalue weighted by molar-refractivity contribution is -0.122. The number of carbonyl (C=O) groups is 1. The zero-order valence-electron chi connectivity index (χ0n) is 9.79. The topological polar surface area (TPSA) is 72.8 Å². The van der Waals surface area contributed by atoms with E-state index in [2.05, 4.69) is 5.32 Å². The molecule has 0 spiro atoms. The largest absolute Gasteiger partial charge is 0.395 e. The van der Waals surface area contributed by atoms with E-state index >= 15 is 0 Å². The van der Waals surface area contributed by atoms with Crippen LogP contribution in [0.1, 0.15) is 20.8 Å². The highest BCUT2D eigenvalue weighted by Gasteiger charge is 2.18. The van der Waals surface area contributed by atoms with Crippen molar-refractivity contribution in [3.05, 3.63) is 0 Å². The molecule has 0 unspecified atom stereocenters. The molecule has 0 aromatic heterocycles. The number of nitrogens with one attached hydrogen (secondary N) is 1. The monoisotopic (exact) mass is 218 g/mol. The maximum absolute atomic E-state index is 11.3. The molecule has 5 heteroatoms. The summed E-state index contributed by atoms with van der Waals surface area (Å²) in [4.78, 5) is 13.2. The summed E-state index contributed by atoms with van der Waals surface area (Å²) < 4.78 is 0. The molecule has 1 amide bonds. The second kappa shape index (κ2) is 6.76. The maximum atomic E-state index is 11.3. The molecular weight excluding hydrogens is 196 g/mol. The first kappa shape index (κ1) is 14.3. The second-order valence-electron chi connectivity index (χ2n) is 4.19. The van der Waals surface area contributed by atoms with Gasteiger partial charge in [0.05, 0.1) is 18.8 Å². The molecule has 5 nitrogen and oxygen atoms in total. The van der Waals surface area contributed by atoms with E-state index in [1.165, 1.54) is 0 Å². The van der Waals surface area contributed by atoms with Crippen LogP contribution < -0.4 is 5.32 Å². The number of likely N-dealkylation sites (N-methyl/N-ethyl adjacent to an activating group) is 1. The number of aliphatic hydroxyl groups excluding tert-OH is 1. The minimum Gasteiger partial charge on any atom is -0.395 e. The number of amides is 1. The van der Waals surface area contributed by atoms with Crippen LogP contribution in [0.5, 0.6) is 0 Å². The van der Waals surface area contributed by atoms with Crippen LogP contribution >= 0.6 is 0 Å². The maximum Gasteiger partial charge on any atom is 0.234 e. The summed E-state index contributed by atoms with van der Waals surface area (Å²) >= 11 is 0. The van der Waals surface area contributed by atoms with E-state index in [1.54, 1.807) is 13.8 Å². The SMILES string of the molecule is CCN(CC(=O)NCCO)CC(C)(C)O. The molecule has 0 bridgehead atoms. The molecule has 15 heavy (non-hydrogen) atoms. The summed E-state index contributed by atoms with van der Waals surface area (Å²) in [6, 6.07) is 0. The van der Waals surface area contributed by atoms with E-state index in [0.29, 0.717) is 13.1 Å². The van der Waals surface area contributed by atoms with Crippen molar-refractivity contribution in [1.29, 1.82) is 0 Å². The van der Waals surface area contributed by atoms with E-state index in [-0.39, 0.29) is 25.6 Å². The Balaban J connectivity index is 3.93. The molecule has 0 atom stereocenters. The quantitative estimate of drug-likeness (QED) is 0.522. The molecule has 0 fully saturated rings. The first-order valence-corrected chi connectivity index (χ1v) is 5.21. The van der Waals surface area contributed by atoms with E-state index in [0.717, 1.165) is 0 Å². The van der Waals surface area contributed by atoms with Crippen molar-refractivity contribution < 1.29 is 15.0 Å². The van der Waals surface area contributed by atoms with Gasteiger partial charge in [-0.2, -0.15) is 0 Å². The van der Waals surface area contributed by atoms with Gasteiger partial charge in [-0.1, -0.05) is 6.92 Å². The average Bonchev–Trinajstić information content (AvgIpc) is 2.11. The molecule has 0 radical (unpaired) electrons.